The first kappa shape index (κ1) is 8.86. The Hall–Kier alpha value is -0.720. The molecule has 2 bridgehead atoms. The monoisotopic (exact) mass is 178 g/mol. The van der Waals surface area contributed by atoms with Crippen molar-refractivity contribution < 1.29 is 4.74 Å². The van der Waals surface area contributed by atoms with Crippen LogP contribution >= 0.6 is 0 Å². The van der Waals surface area contributed by atoms with E-state index in [2.05, 4.69) is 13.2 Å². The van der Waals surface area contributed by atoms with E-state index in [1.165, 1.54) is 25.7 Å². The van der Waals surface area contributed by atoms with Crippen molar-refractivity contribution in [1.29, 1.82) is 0 Å². The van der Waals surface area contributed by atoms with Gasteiger partial charge in [-0.25, -0.2) is 0 Å². The Morgan fingerprint density at radius 1 is 1.23 bits per heavy atom. The molecule has 2 aliphatic rings. The molecule has 3 atom stereocenters. The zero-order chi connectivity index (χ0) is 9.42. The first-order chi connectivity index (χ1) is 6.16. The second-order valence-electron chi connectivity index (χ2n) is 4.53. The van der Waals surface area contributed by atoms with Gasteiger partial charge in [0.25, 0.3) is 0 Å². The summed E-state index contributed by atoms with van der Waals surface area (Å²) in [6.07, 6.45) is 5.86. The normalized spacial score (nSPS) is 36.2. The van der Waals surface area contributed by atoms with Crippen molar-refractivity contribution in [2.45, 2.75) is 38.7 Å². The van der Waals surface area contributed by atoms with Crippen molar-refractivity contribution in [1.82, 2.24) is 0 Å². The summed E-state index contributed by atoms with van der Waals surface area (Å²) in [5, 5.41) is 0. The Morgan fingerprint density at radius 3 is 2.46 bits per heavy atom. The molecule has 0 aromatic carbocycles. The number of ether oxygens (including phenoxy) is 1. The van der Waals surface area contributed by atoms with Gasteiger partial charge in [0.05, 0.1) is 0 Å². The molecule has 0 aliphatic heterocycles. The maximum atomic E-state index is 5.81. The van der Waals surface area contributed by atoms with Crippen LogP contribution in [0.2, 0.25) is 0 Å². The summed E-state index contributed by atoms with van der Waals surface area (Å²) >= 11 is 0. The summed E-state index contributed by atoms with van der Waals surface area (Å²) in [6.45, 7) is 9.67. The quantitative estimate of drug-likeness (QED) is 0.476. The molecule has 13 heavy (non-hydrogen) atoms. The van der Waals surface area contributed by atoms with Crippen molar-refractivity contribution in [3.8, 4) is 0 Å². The number of hydrogen-bond donors (Lipinski definition) is 0. The van der Waals surface area contributed by atoms with Gasteiger partial charge >= 0.3 is 0 Å². The minimum absolute atomic E-state index is 0.447. The zero-order valence-electron chi connectivity index (χ0n) is 8.38. The topological polar surface area (TPSA) is 9.23 Å². The standard InChI is InChI=1S/C12H18O/c1-8(2)9(3)13-12-7-10-4-5-11(12)6-10/h10-12H,1,3-7H2,2H3. The predicted molar refractivity (Wildman–Crippen MR) is 54.3 cm³/mol. The minimum Gasteiger partial charge on any atom is -0.491 e. The predicted octanol–water partition coefficient (Wildman–Crippen LogP) is 3.28. The Morgan fingerprint density at radius 2 is 2.00 bits per heavy atom. The lowest BCUT2D eigenvalue weighted by molar-refractivity contribution is 0.0741. The van der Waals surface area contributed by atoms with Gasteiger partial charge in [-0.1, -0.05) is 13.2 Å². The van der Waals surface area contributed by atoms with Crippen LogP contribution in [0.25, 0.3) is 0 Å². The first-order valence-corrected chi connectivity index (χ1v) is 5.18. The lowest BCUT2D eigenvalue weighted by Crippen LogP contribution is -2.20. The van der Waals surface area contributed by atoms with Crippen LogP contribution in [0.4, 0.5) is 0 Å². The van der Waals surface area contributed by atoms with Crippen molar-refractivity contribution in [2.75, 3.05) is 0 Å². The van der Waals surface area contributed by atoms with E-state index in [9.17, 15) is 0 Å². The molecule has 2 rings (SSSR count). The average molecular weight is 178 g/mol. The van der Waals surface area contributed by atoms with E-state index < -0.39 is 0 Å². The lowest BCUT2D eigenvalue weighted by Gasteiger charge is -2.24. The van der Waals surface area contributed by atoms with Crippen LogP contribution in [0.1, 0.15) is 32.6 Å². The molecule has 2 aliphatic carbocycles. The van der Waals surface area contributed by atoms with E-state index in [4.69, 9.17) is 4.74 Å². The number of rotatable bonds is 3. The molecule has 3 unspecified atom stereocenters. The average Bonchev–Trinajstić information content (AvgIpc) is 2.64. The SMILES string of the molecule is C=C(C)C(=C)OC1CC2CCC1C2. The third-order valence-corrected chi connectivity index (χ3v) is 3.44. The van der Waals surface area contributed by atoms with Gasteiger partial charge in [0.1, 0.15) is 11.9 Å². The molecule has 72 valence electrons. The van der Waals surface area contributed by atoms with Crippen LogP contribution in [-0.2, 0) is 4.74 Å². The van der Waals surface area contributed by atoms with Gasteiger partial charge in [0, 0.05) is 0 Å². The fourth-order valence-electron chi connectivity index (χ4n) is 2.61. The van der Waals surface area contributed by atoms with Gasteiger partial charge in [0.2, 0.25) is 0 Å². The van der Waals surface area contributed by atoms with Crippen LogP contribution < -0.4 is 0 Å². The Kier molecular flexibility index (Phi) is 2.19. The van der Waals surface area contributed by atoms with Gasteiger partial charge in [-0.2, -0.15) is 0 Å². The Bertz CT molecular complexity index is 242. The molecule has 1 heteroatoms. The van der Waals surface area contributed by atoms with Crippen LogP contribution in [-0.4, -0.2) is 6.10 Å². The zero-order valence-corrected chi connectivity index (χ0v) is 8.38. The van der Waals surface area contributed by atoms with E-state index in [1.54, 1.807) is 0 Å². The summed E-state index contributed by atoms with van der Waals surface area (Å²) in [5.74, 6) is 2.53. The number of fused-ring (bicyclic) bond motifs is 2. The molecular formula is C12H18O. The molecule has 0 amide bonds. The Balaban J connectivity index is 1.90. The third kappa shape index (κ3) is 1.65. The second kappa shape index (κ2) is 3.21. The van der Waals surface area contributed by atoms with Gasteiger partial charge in [-0.3, -0.25) is 0 Å². The second-order valence-corrected chi connectivity index (χ2v) is 4.53. The fourth-order valence-corrected chi connectivity index (χ4v) is 2.61. The van der Waals surface area contributed by atoms with Crippen molar-refractivity contribution in [3.05, 3.63) is 24.5 Å². The fraction of sp³-hybridized carbons (Fsp3) is 0.667. The molecule has 0 radical (unpaired) electrons. The van der Waals surface area contributed by atoms with Crippen molar-refractivity contribution in [2.24, 2.45) is 11.8 Å². The number of hydrogen-bond acceptors (Lipinski definition) is 1. The largest absolute Gasteiger partial charge is 0.491 e. The molecule has 0 spiro atoms. The molecule has 0 aromatic rings. The van der Waals surface area contributed by atoms with Gasteiger partial charge < -0.3 is 4.74 Å². The smallest absolute Gasteiger partial charge is 0.114 e. The van der Waals surface area contributed by atoms with E-state index in [-0.39, 0.29) is 0 Å². The summed E-state index contributed by atoms with van der Waals surface area (Å²) in [4.78, 5) is 0. The summed E-state index contributed by atoms with van der Waals surface area (Å²) < 4.78 is 5.81. The molecule has 1 nitrogen and oxygen atoms in total. The van der Waals surface area contributed by atoms with E-state index in [1.807, 2.05) is 6.92 Å². The maximum absolute atomic E-state index is 5.81. The molecule has 0 aromatic heterocycles. The highest BCUT2D eigenvalue weighted by molar-refractivity contribution is 5.16. The van der Waals surface area contributed by atoms with Crippen molar-refractivity contribution >= 4 is 0 Å². The highest BCUT2D eigenvalue weighted by atomic mass is 16.5. The first-order valence-electron chi connectivity index (χ1n) is 5.18. The van der Waals surface area contributed by atoms with Crippen LogP contribution in [0.3, 0.4) is 0 Å². The molecule has 2 fully saturated rings. The molecule has 0 heterocycles. The highest BCUT2D eigenvalue weighted by Crippen LogP contribution is 2.46. The lowest BCUT2D eigenvalue weighted by atomic mass is 9.97. The third-order valence-electron chi connectivity index (χ3n) is 3.44. The molecule has 2 saturated carbocycles. The van der Waals surface area contributed by atoms with Crippen LogP contribution in [0.5, 0.6) is 0 Å². The summed E-state index contributed by atoms with van der Waals surface area (Å²) in [6, 6.07) is 0. The van der Waals surface area contributed by atoms with Gasteiger partial charge in [-0.15, -0.1) is 0 Å². The van der Waals surface area contributed by atoms with Crippen LogP contribution in [0, 0.1) is 11.8 Å². The molecule has 0 saturated heterocycles. The maximum Gasteiger partial charge on any atom is 0.114 e. The van der Waals surface area contributed by atoms with Crippen LogP contribution in [0.15, 0.2) is 24.5 Å². The van der Waals surface area contributed by atoms with E-state index in [0.29, 0.717) is 6.10 Å². The summed E-state index contributed by atoms with van der Waals surface area (Å²) in [7, 11) is 0. The summed E-state index contributed by atoms with van der Waals surface area (Å²) in [5.41, 5.74) is 0.961. The van der Waals surface area contributed by atoms with E-state index in [0.717, 1.165) is 23.2 Å². The highest BCUT2D eigenvalue weighted by Gasteiger charge is 2.40. The van der Waals surface area contributed by atoms with E-state index >= 15 is 0 Å². The van der Waals surface area contributed by atoms with Crippen molar-refractivity contribution in [3.63, 3.8) is 0 Å². The van der Waals surface area contributed by atoms with Gasteiger partial charge in [0.15, 0.2) is 0 Å². The molecule has 0 N–H and O–H groups in total. The number of allylic oxidation sites excluding steroid dienone is 1. The molecular weight excluding hydrogens is 160 g/mol. The Labute approximate surface area is 80.5 Å². The van der Waals surface area contributed by atoms with Gasteiger partial charge in [-0.05, 0) is 50.0 Å². The minimum atomic E-state index is 0.447.